The van der Waals surface area contributed by atoms with Crippen LogP contribution >= 0.6 is 0 Å². The van der Waals surface area contributed by atoms with E-state index in [0.717, 1.165) is 10.9 Å². The monoisotopic (exact) mass is 410 g/mol. The molecule has 0 aliphatic carbocycles. The number of aromatic amines is 1. The van der Waals surface area contributed by atoms with Crippen molar-refractivity contribution in [1.29, 1.82) is 0 Å². The second kappa shape index (κ2) is 7.17. The SMILES string of the molecule is CC(C)S(=O)(=O)c1cccc(-c2nnc(NC(=O)c3c[nH]c4ccccc34)o2)c1. The van der Waals surface area contributed by atoms with Crippen LogP contribution in [-0.4, -0.2) is 34.8 Å². The number of nitrogens with zero attached hydrogens (tertiary/aromatic N) is 2. The molecule has 1 amide bonds. The number of H-pyrrole nitrogens is 1. The summed E-state index contributed by atoms with van der Waals surface area (Å²) in [5.41, 5.74) is 1.74. The Balaban J connectivity index is 1.58. The van der Waals surface area contributed by atoms with Gasteiger partial charge in [0.1, 0.15) is 0 Å². The first-order valence-electron chi connectivity index (χ1n) is 8.91. The largest absolute Gasteiger partial charge is 0.403 e. The van der Waals surface area contributed by atoms with Crippen LogP contribution < -0.4 is 5.32 Å². The van der Waals surface area contributed by atoms with E-state index in [2.05, 4.69) is 20.5 Å². The van der Waals surface area contributed by atoms with E-state index in [4.69, 9.17) is 4.42 Å². The lowest BCUT2D eigenvalue weighted by atomic mass is 10.2. The maximum atomic E-state index is 12.6. The van der Waals surface area contributed by atoms with E-state index in [9.17, 15) is 13.2 Å². The topological polar surface area (TPSA) is 118 Å². The zero-order chi connectivity index (χ0) is 20.6. The Morgan fingerprint density at radius 3 is 2.69 bits per heavy atom. The van der Waals surface area contributed by atoms with Gasteiger partial charge in [-0.25, -0.2) is 8.42 Å². The first-order chi connectivity index (χ1) is 13.9. The minimum absolute atomic E-state index is 0.0765. The smallest absolute Gasteiger partial charge is 0.322 e. The zero-order valence-electron chi connectivity index (χ0n) is 15.7. The molecule has 2 heterocycles. The molecular formula is C20H18N4O4S. The number of aromatic nitrogens is 3. The number of carbonyl (C=O) groups is 1. The molecule has 0 aliphatic rings. The van der Waals surface area contributed by atoms with Crippen LogP contribution in [0.25, 0.3) is 22.4 Å². The van der Waals surface area contributed by atoms with Crippen LogP contribution in [-0.2, 0) is 9.84 Å². The molecule has 2 aromatic carbocycles. The van der Waals surface area contributed by atoms with Crippen molar-refractivity contribution in [2.24, 2.45) is 0 Å². The average Bonchev–Trinajstić information content (AvgIpc) is 3.35. The van der Waals surface area contributed by atoms with E-state index >= 15 is 0 Å². The maximum absolute atomic E-state index is 12.6. The fourth-order valence-electron chi connectivity index (χ4n) is 2.89. The highest BCUT2D eigenvalue weighted by Gasteiger charge is 2.21. The van der Waals surface area contributed by atoms with Crippen LogP contribution in [0.5, 0.6) is 0 Å². The number of amides is 1. The summed E-state index contributed by atoms with van der Waals surface area (Å²) >= 11 is 0. The van der Waals surface area contributed by atoms with Gasteiger partial charge in [-0.15, -0.1) is 5.10 Å². The zero-order valence-corrected chi connectivity index (χ0v) is 16.5. The normalized spacial score (nSPS) is 11.8. The molecule has 0 saturated heterocycles. The average molecular weight is 410 g/mol. The van der Waals surface area contributed by atoms with Gasteiger partial charge in [-0.3, -0.25) is 10.1 Å². The Morgan fingerprint density at radius 1 is 1.10 bits per heavy atom. The van der Waals surface area contributed by atoms with Crippen LogP contribution in [0.4, 0.5) is 6.01 Å². The summed E-state index contributed by atoms with van der Waals surface area (Å²) in [7, 11) is -3.43. The lowest BCUT2D eigenvalue weighted by Crippen LogP contribution is -2.13. The molecule has 0 atom stereocenters. The summed E-state index contributed by atoms with van der Waals surface area (Å²) in [5, 5.41) is 10.6. The van der Waals surface area contributed by atoms with Gasteiger partial charge in [0.05, 0.1) is 15.7 Å². The van der Waals surface area contributed by atoms with Crippen molar-refractivity contribution in [3.63, 3.8) is 0 Å². The Bertz CT molecular complexity index is 1300. The molecule has 0 radical (unpaired) electrons. The molecule has 4 aromatic rings. The minimum Gasteiger partial charge on any atom is -0.403 e. The third-order valence-corrected chi connectivity index (χ3v) is 6.66. The van der Waals surface area contributed by atoms with Crippen molar-refractivity contribution in [2.75, 3.05) is 5.32 Å². The van der Waals surface area contributed by atoms with Gasteiger partial charge in [0.2, 0.25) is 5.89 Å². The molecule has 8 nitrogen and oxygen atoms in total. The fourth-order valence-corrected chi connectivity index (χ4v) is 4.00. The fraction of sp³-hybridized carbons (Fsp3) is 0.150. The number of fused-ring (bicyclic) bond motifs is 1. The van der Waals surface area contributed by atoms with Gasteiger partial charge in [-0.1, -0.05) is 29.4 Å². The molecule has 4 rings (SSSR count). The van der Waals surface area contributed by atoms with Crippen molar-refractivity contribution in [2.45, 2.75) is 24.0 Å². The Hall–Kier alpha value is -3.46. The van der Waals surface area contributed by atoms with E-state index in [0.29, 0.717) is 11.1 Å². The number of para-hydroxylation sites is 1. The summed E-state index contributed by atoms with van der Waals surface area (Å²) in [6.07, 6.45) is 1.61. The second-order valence-electron chi connectivity index (χ2n) is 6.74. The highest BCUT2D eigenvalue weighted by molar-refractivity contribution is 7.92. The number of rotatable bonds is 5. The van der Waals surface area contributed by atoms with Gasteiger partial charge in [0.25, 0.3) is 5.91 Å². The third-order valence-electron chi connectivity index (χ3n) is 4.51. The standard InChI is InChI=1S/C20H18N4O4S/c1-12(2)29(26,27)14-7-5-6-13(10-14)19-23-24-20(28-19)22-18(25)16-11-21-17-9-4-3-8-15(16)17/h3-12,21H,1-2H3,(H,22,24,25). The van der Waals surface area contributed by atoms with Crippen molar-refractivity contribution >= 4 is 32.7 Å². The van der Waals surface area contributed by atoms with Crippen molar-refractivity contribution in [3.05, 3.63) is 60.3 Å². The third kappa shape index (κ3) is 3.52. The van der Waals surface area contributed by atoms with Gasteiger partial charge in [0.15, 0.2) is 9.84 Å². The van der Waals surface area contributed by atoms with Gasteiger partial charge < -0.3 is 9.40 Å². The van der Waals surface area contributed by atoms with Crippen LogP contribution in [0.3, 0.4) is 0 Å². The minimum atomic E-state index is -3.43. The Morgan fingerprint density at radius 2 is 1.90 bits per heavy atom. The number of hydrogen-bond donors (Lipinski definition) is 2. The van der Waals surface area contributed by atoms with Gasteiger partial charge in [0, 0.05) is 22.7 Å². The van der Waals surface area contributed by atoms with Crippen LogP contribution in [0.2, 0.25) is 0 Å². The number of carbonyl (C=O) groups excluding carboxylic acids is 1. The highest BCUT2D eigenvalue weighted by Crippen LogP contribution is 2.25. The quantitative estimate of drug-likeness (QED) is 0.518. The van der Waals surface area contributed by atoms with Gasteiger partial charge in [-0.05, 0) is 38.1 Å². The molecular weight excluding hydrogens is 392 g/mol. The molecule has 2 N–H and O–H groups in total. The Labute approximate surface area is 166 Å². The van der Waals surface area contributed by atoms with Crippen molar-refractivity contribution in [1.82, 2.24) is 15.2 Å². The molecule has 0 saturated carbocycles. The summed E-state index contributed by atoms with van der Waals surface area (Å²) in [6, 6.07) is 13.6. The predicted octanol–water partition coefficient (Wildman–Crippen LogP) is 3.65. The summed E-state index contributed by atoms with van der Waals surface area (Å²) in [4.78, 5) is 15.8. The van der Waals surface area contributed by atoms with E-state index in [1.54, 1.807) is 32.2 Å². The maximum Gasteiger partial charge on any atom is 0.322 e. The molecule has 9 heteroatoms. The molecule has 0 spiro atoms. The molecule has 2 aromatic heterocycles. The number of benzene rings is 2. The molecule has 148 valence electrons. The number of anilines is 1. The first kappa shape index (κ1) is 18.9. The van der Waals surface area contributed by atoms with Crippen LogP contribution in [0.1, 0.15) is 24.2 Å². The number of hydrogen-bond acceptors (Lipinski definition) is 6. The lowest BCUT2D eigenvalue weighted by Gasteiger charge is -2.08. The summed E-state index contributed by atoms with van der Waals surface area (Å²) in [6.45, 7) is 3.24. The predicted molar refractivity (Wildman–Crippen MR) is 108 cm³/mol. The van der Waals surface area contributed by atoms with E-state index < -0.39 is 21.0 Å². The lowest BCUT2D eigenvalue weighted by molar-refractivity contribution is 0.102. The summed E-state index contributed by atoms with van der Waals surface area (Å²) in [5.74, 6) is -0.284. The first-order valence-corrected chi connectivity index (χ1v) is 10.5. The van der Waals surface area contributed by atoms with E-state index in [1.165, 1.54) is 12.1 Å². The molecule has 0 unspecified atom stereocenters. The van der Waals surface area contributed by atoms with Crippen molar-refractivity contribution in [3.8, 4) is 11.5 Å². The van der Waals surface area contributed by atoms with E-state index in [-0.39, 0.29) is 16.8 Å². The Kier molecular flexibility index (Phi) is 4.67. The van der Waals surface area contributed by atoms with Gasteiger partial charge in [-0.2, -0.15) is 0 Å². The van der Waals surface area contributed by atoms with Crippen LogP contribution in [0.15, 0.2) is 64.0 Å². The van der Waals surface area contributed by atoms with E-state index in [1.807, 2.05) is 24.3 Å². The molecule has 0 aliphatic heterocycles. The molecule has 29 heavy (non-hydrogen) atoms. The van der Waals surface area contributed by atoms with Crippen molar-refractivity contribution < 1.29 is 17.6 Å². The summed E-state index contributed by atoms with van der Waals surface area (Å²) < 4.78 is 30.3. The van der Waals surface area contributed by atoms with Gasteiger partial charge >= 0.3 is 6.01 Å². The van der Waals surface area contributed by atoms with Crippen LogP contribution in [0, 0.1) is 0 Å². The number of nitrogens with one attached hydrogen (secondary N) is 2. The number of sulfone groups is 1. The molecule has 0 fully saturated rings. The molecule has 0 bridgehead atoms. The highest BCUT2D eigenvalue weighted by atomic mass is 32.2. The second-order valence-corrected chi connectivity index (χ2v) is 9.24.